The predicted molar refractivity (Wildman–Crippen MR) is 120 cm³/mol. The highest BCUT2D eigenvalue weighted by atomic mass is 16.4. The number of hydrogen-bond acceptors (Lipinski definition) is 10. The van der Waals surface area contributed by atoms with Crippen molar-refractivity contribution in [3.8, 4) is 5.88 Å². The molecule has 2 aromatic heterocycles. The molecule has 13 heteroatoms. The largest absolute Gasteiger partial charge is 0.492 e. The van der Waals surface area contributed by atoms with Gasteiger partial charge in [0.1, 0.15) is 6.04 Å². The summed E-state index contributed by atoms with van der Waals surface area (Å²) in [4.78, 5) is 52.3. The number of aromatic hydroxyl groups is 1. The zero-order valence-corrected chi connectivity index (χ0v) is 18.2. The van der Waals surface area contributed by atoms with Crippen molar-refractivity contribution >= 4 is 40.6 Å². The number of nitrogens with zero attached hydrogens (tertiary/aromatic N) is 5. The molecular weight excluding hydrogens is 446 g/mol. The van der Waals surface area contributed by atoms with E-state index in [-0.39, 0.29) is 41.4 Å². The lowest BCUT2D eigenvalue weighted by molar-refractivity contribution is -0.140. The molecule has 0 aliphatic rings. The van der Waals surface area contributed by atoms with E-state index >= 15 is 0 Å². The van der Waals surface area contributed by atoms with Gasteiger partial charge in [-0.2, -0.15) is 9.97 Å². The zero-order valence-electron chi connectivity index (χ0n) is 18.2. The van der Waals surface area contributed by atoms with Gasteiger partial charge in [-0.25, -0.2) is 14.8 Å². The van der Waals surface area contributed by atoms with E-state index in [1.54, 1.807) is 30.5 Å². The summed E-state index contributed by atoms with van der Waals surface area (Å²) in [5, 5.41) is 30.2. The highest BCUT2D eigenvalue weighted by Crippen LogP contribution is 2.19. The van der Waals surface area contributed by atoms with Crippen LogP contribution in [0.25, 0.3) is 11.2 Å². The van der Waals surface area contributed by atoms with Crippen LogP contribution in [0.2, 0.25) is 0 Å². The Bertz CT molecular complexity index is 1220. The number of carboxylic acid groups (broad SMARTS) is 2. The monoisotopic (exact) mass is 469 g/mol. The Morgan fingerprint density at radius 2 is 1.82 bits per heavy atom. The first-order valence-corrected chi connectivity index (χ1v) is 10.2. The van der Waals surface area contributed by atoms with Crippen molar-refractivity contribution in [2.24, 2.45) is 0 Å². The fourth-order valence-electron chi connectivity index (χ4n) is 3.11. The maximum absolute atomic E-state index is 12.4. The molecule has 0 spiro atoms. The van der Waals surface area contributed by atoms with Gasteiger partial charge < -0.3 is 31.3 Å². The van der Waals surface area contributed by atoms with Crippen molar-refractivity contribution in [2.45, 2.75) is 25.3 Å². The number of carboxylic acids is 2. The minimum Gasteiger partial charge on any atom is -0.492 e. The molecule has 0 saturated heterocycles. The molecule has 1 atom stereocenters. The predicted octanol–water partition coefficient (Wildman–Crippen LogP) is 0.434. The van der Waals surface area contributed by atoms with E-state index in [9.17, 15) is 24.6 Å². The van der Waals surface area contributed by atoms with Gasteiger partial charge in [0, 0.05) is 37.7 Å². The maximum atomic E-state index is 12.4. The third-order valence-corrected chi connectivity index (χ3v) is 4.98. The number of nitrogens with one attached hydrogen (secondary N) is 1. The van der Waals surface area contributed by atoms with Crippen LogP contribution in [0.15, 0.2) is 30.5 Å². The first-order valence-electron chi connectivity index (χ1n) is 10.2. The van der Waals surface area contributed by atoms with E-state index in [2.05, 4.69) is 25.3 Å². The van der Waals surface area contributed by atoms with Crippen LogP contribution in [0.3, 0.4) is 0 Å². The summed E-state index contributed by atoms with van der Waals surface area (Å²) in [5.41, 5.74) is 7.50. The van der Waals surface area contributed by atoms with Crippen LogP contribution in [0.1, 0.15) is 28.9 Å². The van der Waals surface area contributed by atoms with Crippen LogP contribution >= 0.6 is 0 Å². The fraction of sp³-hybridized carbons (Fsp3) is 0.286. The summed E-state index contributed by atoms with van der Waals surface area (Å²) in [6.07, 6.45) is 1.45. The number of aromatic nitrogens is 4. The number of rotatable bonds is 10. The van der Waals surface area contributed by atoms with Crippen LogP contribution in [-0.2, 0) is 16.0 Å². The Balaban J connectivity index is 1.60. The number of nitrogens with two attached hydrogens (primary N) is 1. The van der Waals surface area contributed by atoms with Crippen molar-refractivity contribution in [3.63, 3.8) is 0 Å². The topological polar surface area (TPSA) is 205 Å². The van der Waals surface area contributed by atoms with E-state index in [0.717, 1.165) is 5.69 Å². The molecule has 0 fully saturated rings. The summed E-state index contributed by atoms with van der Waals surface area (Å²) >= 11 is 0. The Hall–Kier alpha value is -4.55. The summed E-state index contributed by atoms with van der Waals surface area (Å²) in [6.45, 7) is 0.540. The van der Waals surface area contributed by atoms with Gasteiger partial charge in [-0.15, -0.1) is 0 Å². The molecule has 0 aliphatic heterocycles. The standard InChI is InChI=1S/C21H23N7O6/c1-28(9-8-12-10-23-17-16(24-12)19(32)27-21(22)26-17)13-4-2-11(3-5-13)18(31)25-14(20(33)34)6-7-15(29)30/h2-5,10,14H,6-9H2,1H3,(H,25,31)(H,29,30)(H,33,34)(H3,22,23,26,27,32). The van der Waals surface area contributed by atoms with Crippen molar-refractivity contribution < 1.29 is 29.7 Å². The molecule has 1 aromatic carbocycles. The number of anilines is 2. The number of aliphatic carboxylic acids is 2. The molecule has 3 rings (SSSR count). The van der Waals surface area contributed by atoms with E-state index in [1.165, 1.54) is 0 Å². The highest BCUT2D eigenvalue weighted by molar-refractivity contribution is 5.97. The van der Waals surface area contributed by atoms with Crippen molar-refractivity contribution in [3.05, 3.63) is 41.7 Å². The lowest BCUT2D eigenvalue weighted by atomic mass is 10.1. The zero-order chi connectivity index (χ0) is 24.8. The molecule has 3 aromatic rings. The van der Waals surface area contributed by atoms with Crippen LogP contribution in [0.5, 0.6) is 5.88 Å². The van der Waals surface area contributed by atoms with E-state index in [4.69, 9.17) is 10.8 Å². The third kappa shape index (κ3) is 6.03. The summed E-state index contributed by atoms with van der Waals surface area (Å²) < 4.78 is 0. The summed E-state index contributed by atoms with van der Waals surface area (Å²) in [7, 11) is 1.84. The molecule has 1 unspecified atom stereocenters. The fourth-order valence-corrected chi connectivity index (χ4v) is 3.11. The number of hydrogen-bond donors (Lipinski definition) is 5. The van der Waals surface area contributed by atoms with Gasteiger partial charge >= 0.3 is 11.9 Å². The van der Waals surface area contributed by atoms with Gasteiger partial charge in [-0.1, -0.05) is 0 Å². The van der Waals surface area contributed by atoms with Crippen LogP contribution in [0, 0.1) is 0 Å². The second kappa shape index (κ2) is 10.4. The lowest BCUT2D eigenvalue weighted by Crippen LogP contribution is -2.41. The minimum atomic E-state index is -1.30. The first-order chi connectivity index (χ1) is 16.1. The van der Waals surface area contributed by atoms with Gasteiger partial charge in [0.25, 0.3) is 5.91 Å². The molecule has 0 aliphatic carbocycles. The summed E-state index contributed by atoms with van der Waals surface area (Å²) in [6, 6.07) is 5.21. The number of carbonyl (C=O) groups excluding carboxylic acids is 1. The molecule has 2 heterocycles. The van der Waals surface area contributed by atoms with Gasteiger partial charge in [0.15, 0.2) is 11.2 Å². The van der Waals surface area contributed by atoms with Gasteiger partial charge in [-0.05, 0) is 30.7 Å². The van der Waals surface area contributed by atoms with E-state index in [0.29, 0.717) is 18.7 Å². The molecule has 34 heavy (non-hydrogen) atoms. The number of benzene rings is 1. The molecule has 0 radical (unpaired) electrons. The van der Waals surface area contributed by atoms with Gasteiger partial charge in [-0.3, -0.25) is 9.59 Å². The molecule has 0 bridgehead atoms. The molecule has 0 saturated carbocycles. The van der Waals surface area contributed by atoms with Crippen molar-refractivity contribution in [1.29, 1.82) is 0 Å². The Labute approximate surface area is 193 Å². The van der Waals surface area contributed by atoms with Gasteiger partial charge in [0.05, 0.1) is 11.9 Å². The average molecular weight is 469 g/mol. The first kappa shape index (κ1) is 24.1. The van der Waals surface area contributed by atoms with Crippen LogP contribution in [-0.4, -0.2) is 72.7 Å². The minimum absolute atomic E-state index is 0.0948. The number of carbonyl (C=O) groups is 3. The smallest absolute Gasteiger partial charge is 0.326 e. The molecule has 178 valence electrons. The van der Waals surface area contributed by atoms with E-state index in [1.807, 2.05) is 11.9 Å². The number of amides is 1. The quantitative estimate of drug-likeness (QED) is 0.274. The maximum Gasteiger partial charge on any atom is 0.326 e. The Morgan fingerprint density at radius 1 is 1.12 bits per heavy atom. The number of likely N-dealkylation sites (N-methyl/N-ethyl adjacent to an activating group) is 1. The highest BCUT2D eigenvalue weighted by Gasteiger charge is 2.21. The molecule has 1 amide bonds. The second-order valence-corrected chi connectivity index (χ2v) is 7.45. The molecular formula is C21H23N7O6. The van der Waals surface area contributed by atoms with Crippen LogP contribution in [0.4, 0.5) is 11.6 Å². The normalized spacial score (nSPS) is 11.7. The lowest BCUT2D eigenvalue weighted by Gasteiger charge is -2.19. The summed E-state index contributed by atoms with van der Waals surface area (Å²) in [5.74, 6) is -3.49. The van der Waals surface area contributed by atoms with Gasteiger partial charge in [0.2, 0.25) is 11.8 Å². The average Bonchev–Trinajstić information content (AvgIpc) is 2.79. The second-order valence-electron chi connectivity index (χ2n) is 7.45. The Kier molecular flexibility index (Phi) is 7.36. The Morgan fingerprint density at radius 3 is 2.47 bits per heavy atom. The SMILES string of the molecule is CN(CCc1cnc2nc(N)nc(O)c2n1)c1ccc(C(=O)NC(CCC(=O)O)C(=O)O)cc1. The number of fused-ring (bicyclic) bond motifs is 1. The molecule has 13 nitrogen and oxygen atoms in total. The third-order valence-electron chi connectivity index (χ3n) is 4.98. The molecule has 6 N–H and O–H groups in total. The van der Waals surface area contributed by atoms with Crippen molar-refractivity contribution in [1.82, 2.24) is 25.3 Å². The van der Waals surface area contributed by atoms with Crippen LogP contribution < -0.4 is 16.0 Å². The van der Waals surface area contributed by atoms with E-state index < -0.39 is 23.9 Å². The number of nitrogen functional groups attached to an aromatic ring is 1. The van der Waals surface area contributed by atoms with Crippen molar-refractivity contribution in [2.75, 3.05) is 24.2 Å².